The number of carboxylic acid groups (broad SMARTS) is 1. The van der Waals surface area contributed by atoms with Crippen molar-refractivity contribution in [3.8, 4) is 11.5 Å². The molecule has 5 N–H and O–H groups in total. The number of halogens is 1. The molecule has 0 saturated carbocycles. The number of likely N-dealkylation sites (tertiary alicyclic amines) is 1. The van der Waals surface area contributed by atoms with Crippen LogP contribution >= 0.6 is 0 Å². The van der Waals surface area contributed by atoms with E-state index in [1.807, 2.05) is 30.3 Å². The number of aliphatic hydroxyl groups is 1. The molecule has 1 amide bonds. The average molecular weight is 646 g/mol. The number of H-pyrrole nitrogens is 1. The number of aromatic hydroxyl groups is 1. The summed E-state index contributed by atoms with van der Waals surface area (Å²) >= 11 is 0. The number of aliphatic carboxylic acids is 1. The summed E-state index contributed by atoms with van der Waals surface area (Å²) in [5.74, 6) is -1.53. The van der Waals surface area contributed by atoms with Gasteiger partial charge in [0.1, 0.15) is 5.75 Å². The highest BCUT2D eigenvalue weighted by molar-refractivity contribution is 5.87. The third-order valence-corrected chi connectivity index (χ3v) is 8.92. The van der Waals surface area contributed by atoms with E-state index in [1.54, 1.807) is 23.1 Å². The fraction of sp³-hybridized carbons (Fsp3) is 0.361. The number of nitrogens with one attached hydrogen (secondary N) is 2. The second-order valence-corrected chi connectivity index (χ2v) is 12.0. The number of fused-ring (bicyclic) bond motifs is 1. The molecule has 0 bridgehead atoms. The molecule has 248 valence electrons. The summed E-state index contributed by atoms with van der Waals surface area (Å²) < 4.78 is 20.4. The smallest absolute Gasteiger partial charge is 0.314 e. The van der Waals surface area contributed by atoms with Gasteiger partial charge >= 0.3 is 5.97 Å². The molecule has 5 rings (SSSR count). The number of phenolic OH excluding ortho intramolecular Hbond substituents is 1. The first-order valence-electron chi connectivity index (χ1n) is 15.9. The third kappa shape index (κ3) is 7.98. The van der Waals surface area contributed by atoms with Gasteiger partial charge in [0.05, 0.1) is 30.1 Å². The van der Waals surface area contributed by atoms with E-state index in [0.29, 0.717) is 74.1 Å². The lowest BCUT2D eigenvalue weighted by atomic mass is 9.73. The number of ether oxygens (including phenoxy) is 1. The first kappa shape index (κ1) is 33.6. The van der Waals surface area contributed by atoms with Crippen molar-refractivity contribution in [1.29, 1.82) is 0 Å². The minimum Gasteiger partial charge on any atom is -0.506 e. The van der Waals surface area contributed by atoms with Crippen molar-refractivity contribution in [3.05, 3.63) is 106 Å². The van der Waals surface area contributed by atoms with Crippen LogP contribution in [0.4, 0.5) is 4.39 Å². The number of piperidine rings is 1. The van der Waals surface area contributed by atoms with E-state index >= 15 is 0 Å². The Morgan fingerprint density at radius 2 is 1.77 bits per heavy atom. The molecule has 2 heterocycles. The molecule has 47 heavy (non-hydrogen) atoms. The number of carbonyl (C=O) groups excluding carboxylic acids is 1. The van der Waals surface area contributed by atoms with E-state index in [4.69, 9.17) is 4.74 Å². The van der Waals surface area contributed by atoms with E-state index < -0.39 is 23.3 Å². The lowest BCUT2D eigenvalue weighted by Gasteiger charge is -2.39. The number of phenols is 1. The van der Waals surface area contributed by atoms with Crippen LogP contribution in [-0.4, -0.2) is 69.9 Å². The van der Waals surface area contributed by atoms with Gasteiger partial charge in [-0.25, -0.2) is 4.39 Å². The molecule has 1 atom stereocenters. The molecule has 1 fully saturated rings. The zero-order valence-corrected chi connectivity index (χ0v) is 26.1. The van der Waals surface area contributed by atoms with Gasteiger partial charge in [-0.3, -0.25) is 14.4 Å². The van der Waals surface area contributed by atoms with Gasteiger partial charge in [-0.2, -0.15) is 0 Å². The van der Waals surface area contributed by atoms with Crippen LogP contribution in [0.15, 0.2) is 77.6 Å². The summed E-state index contributed by atoms with van der Waals surface area (Å²) in [4.78, 5) is 41.0. The molecule has 0 radical (unpaired) electrons. The minimum absolute atomic E-state index is 0.0206. The molecule has 1 unspecified atom stereocenters. The molecule has 0 spiro atoms. The summed E-state index contributed by atoms with van der Waals surface area (Å²) in [5.41, 5.74) is 0.811. The topological polar surface area (TPSA) is 152 Å². The number of pyridine rings is 1. The summed E-state index contributed by atoms with van der Waals surface area (Å²) in [6.07, 6.45) is 2.17. The SMILES string of the molecule is O=C(Cc1ccc(OCCCCCNCC(O)c2ccc(O)c3[nH]c(=O)ccc23)c(F)c1)N1CCC(C(=O)O)(c2ccccc2)CC1. The van der Waals surface area contributed by atoms with Gasteiger partial charge in [0.25, 0.3) is 0 Å². The predicted octanol–water partition coefficient (Wildman–Crippen LogP) is 4.43. The molecule has 1 saturated heterocycles. The summed E-state index contributed by atoms with van der Waals surface area (Å²) in [5, 5.41) is 34.5. The normalized spacial score (nSPS) is 15.0. The number of hydrogen-bond acceptors (Lipinski definition) is 7. The number of carboxylic acids is 1. The number of unbranched alkanes of at least 4 members (excludes halogenated alkanes) is 2. The number of amides is 1. The molecule has 1 aliphatic heterocycles. The van der Waals surface area contributed by atoms with E-state index in [9.17, 15) is 34.1 Å². The predicted molar refractivity (Wildman–Crippen MR) is 175 cm³/mol. The van der Waals surface area contributed by atoms with E-state index in [1.165, 1.54) is 24.3 Å². The van der Waals surface area contributed by atoms with E-state index in [0.717, 1.165) is 18.4 Å². The molecular formula is C36H40FN3O7. The molecular weight excluding hydrogens is 605 g/mol. The third-order valence-electron chi connectivity index (χ3n) is 8.92. The summed E-state index contributed by atoms with van der Waals surface area (Å²) in [6, 6.07) is 19.7. The fourth-order valence-corrected chi connectivity index (χ4v) is 6.19. The summed E-state index contributed by atoms with van der Waals surface area (Å²) in [7, 11) is 0. The van der Waals surface area contributed by atoms with Crippen molar-refractivity contribution in [2.24, 2.45) is 0 Å². The Balaban J connectivity index is 1.00. The number of aromatic nitrogens is 1. The van der Waals surface area contributed by atoms with Crippen LogP contribution in [0.3, 0.4) is 0 Å². The maximum Gasteiger partial charge on any atom is 0.314 e. The Kier molecular flexibility index (Phi) is 10.9. The zero-order chi connectivity index (χ0) is 33.4. The fourth-order valence-electron chi connectivity index (χ4n) is 6.19. The first-order valence-corrected chi connectivity index (χ1v) is 15.9. The largest absolute Gasteiger partial charge is 0.506 e. The zero-order valence-electron chi connectivity index (χ0n) is 26.1. The number of nitrogens with zero attached hydrogens (tertiary/aromatic N) is 1. The molecule has 0 aliphatic carbocycles. The highest BCUT2D eigenvalue weighted by Gasteiger charge is 2.43. The number of aromatic amines is 1. The Hall–Kier alpha value is -4.74. The highest BCUT2D eigenvalue weighted by atomic mass is 19.1. The standard InChI is InChI=1S/C36H40FN3O7/c37-28-21-24(22-33(44)40-18-15-36(16-19-40,35(45)46)25-7-3-1-4-8-25)9-13-31(28)47-20-6-2-5-17-38-23-30(42)26-10-12-29(41)34-27(26)11-14-32(43)39-34/h1,3-4,7-14,21,30,38,41-42H,2,5-6,15-20,22-23H2,(H,39,43)(H,45,46). The number of benzene rings is 3. The number of hydrogen-bond donors (Lipinski definition) is 5. The Labute approximate surface area is 271 Å². The van der Waals surface area contributed by atoms with Gasteiger partial charge in [-0.1, -0.05) is 42.5 Å². The van der Waals surface area contributed by atoms with Crippen LogP contribution in [0.25, 0.3) is 10.9 Å². The Morgan fingerprint density at radius 1 is 1.00 bits per heavy atom. The molecule has 10 nitrogen and oxygen atoms in total. The van der Waals surface area contributed by atoms with Crippen LogP contribution in [0.2, 0.25) is 0 Å². The van der Waals surface area contributed by atoms with Gasteiger partial charge in [0, 0.05) is 31.1 Å². The maximum absolute atomic E-state index is 14.8. The maximum atomic E-state index is 14.8. The van der Waals surface area contributed by atoms with Crippen LogP contribution in [0.5, 0.6) is 11.5 Å². The lowest BCUT2D eigenvalue weighted by molar-refractivity contribution is -0.148. The number of aliphatic hydroxyl groups excluding tert-OH is 1. The van der Waals surface area contributed by atoms with E-state index in [-0.39, 0.29) is 29.4 Å². The minimum atomic E-state index is -1.02. The van der Waals surface area contributed by atoms with Crippen molar-refractivity contribution in [3.63, 3.8) is 0 Å². The van der Waals surface area contributed by atoms with Crippen molar-refractivity contribution in [2.45, 2.75) is 50.0 Å². The quantitative estimate of drug-likeness (QED) is 0.126. The van der Waals surface area contributed by atoms with Crippen molar-refractivity contribution in [2.75, 3.05) is 32.8 Å². The van der Waals surface area contributed by atoms with Crippen molar-refractivity contribution < 1.29 is 34.0 Å². The van der Waals surface area contributed by atoms with Crippen LogP contribution in [-0.2, 0) is 21.4 Å². The van der Waals surface area contributed by atoms with Gasteiger partial charge < -0.3 is 35.3 Å². The highest BCUT2D eigenvalue weighted by Crippen LogP contribution is 2.36. The molecule has 1 aromatic heterocycles. The van der Waals surface area contributed by atoms with Crippen molar-refractivity contribution in [1.82, 2.24) is 15.2 Å². The number of rotatable bonds is 14. The molecule has 1 aliphatic rings. The van der Waals surface area contributed by atoms with Gasteiger partial charge in [-0.15, -0.1) is 0 Å². The molecule has 11 heteroatoms. The summed E-state index contributed by atoms with van der Waals surface area (Å²) in [6.45, 7) is 1.92. The Bertz CT molecular complexity index is 1750. The van der Waals surface area contributed by atoms with Gasteiger partial charge in [0.15, 0.2) is 11.6 Å². The molecule has 4 aromatic rings. The van der Waals surface area contributed by atoms with Crippen LogP contribution in [0.1, 0.15) is 54.9 Å². The van der Waals surface area contributed by atoms with Crippen LogP contribution in [0, 0.1) is 5.82 Å². The average Bonchev–Trinajstić information content (AvgIpc) is 3.07. The monoisotopic (exact) mass is 645 g/mol. The molecule has 3 aromatic carbocycles. The number of carbonyl (C=O) groups is 2. The van der Waals surface area contributed by atoms with Crippen molar-refractivity contribution >= 4 is 22.8 Å². The van der Waals surface area contributed by atoms with Crippen LogP contribution < -0.4 is 15.6 Å². The second kappa shape index (κ2) is 15.2. The Morgan fingerprint density at radius 3 is 2.49 bits per heavy atom. The van der Waals surface area contributed by atoms with E-state index in [2.05, 4.69) is 10.3 Å². The lowest BCUT2D eigenvalue weighted by Crippen LogP contribution is -2.49. The van der Waals surface area contributed by atoms with Gasteiger partial charge in [-0.05, 0) is 79.6 Å². The first-order chi connectivity index (χ1) is 22.7. The second-order valence-electron chi connectivity index (χ2n) is 12.0. The van der Waals surface area contributed by atoms with Gasteiger partial charge in [0.2, 0.25) is 11.5 Å².